The van der Waals surface area contributed by atoms with Crippen molar-refractivity contribution in [3.05, 3.63) is 48.2 Å². The van der Waals surface area contributed by atoms with Crippen LogP contribution in [0.3, 0.4) is 0 Å². The second-order valence-corrected chi connectivity index (χ2v) is 6.90. The predicted molar refractivity (Wildman–Crippen MR) is 112 cm³/mol. The molecular weight excluding hydrogens is 354 g/mol. The van der Waals surface area contributed by atoms with Crippen LogP contribution in [0.4, 0.5) is 11.5 Å². The Hall–Kier alpha value is -3.32. The third kappa shape index (κ3) is 3.32. The lowest BCUT2D eigenvalue weighted by Crippen LogP contribution is -2.10. The fourth-order valence-electron chi connectivity index (χ4n) is 3.30. The van der Waals surface area contributed by atoms with Crippen molar-refractivity contribution >= 4 is 33.3 Å². The molecule has 4 rings (SSSR count). The van der Waals surface area contributed by atoms with Gasteiger partial charge in [-0.15, -0.1) is 0 Å². The number of anilines is 2. The molecule has 7 heteroatoms. The van der Waals surface area contributed by atoms with E-state index in [2.05, 4.69) is 58.8 Å². The zero-order valence-electron chi connectivity index (χ0n) is 16.4. The van der Waals surface area contributed by atoms with E-state index >= 15 is 0 Å². The monoisotopic (exact) mass is 377 g/mol. The summed E-state index contributed by atoms with van der Waals surface area (Å²) < 4.78 is 10.9. The molecule has 28 heavy (non-hydrogen) atoms. The number of methoxy groups -OCH3 is 2. The van der Waals surface area contributed by atoms with Crippen molar-refractivity contribution in [2.24, 2.45) is 0 Å². The zero-order valence-corrected chi connectivity index (χ0v) is 16.4. The van der Waals surface area contributed by atoms with E-state index in [4.69, 9.17) is 14.5 Å². The summed E-state index contributed by atoms with van der Waals surface area (Å²) in [5, 5.41) is 12.5. The Labute approximate surface area is 163 Å². The number of ether oxygens (including phenoxy) is 2. The van der Waals surface area contributed by atoms with Crippen LogP contribution in [-0.4, -0.2) is 48.4 Å². The summed E-state index contributed by atoms with van der Waals surface area (Å²) in [5.74, 6) is 2.07. The molecule has 0 saturated heterocycles. The van der Waals surface area contributed by atoms with Crippen LogP contribution in [0, 0.1) is 0 Å². The van der Waals surface area contributed by atoms with Gasteiger partial charge in [0.15, 0.2) is 5.82 Å². The van der Waals surface area contributed by atoms with E-state index in [0.29, 0.717) is 17.3 Å². The van der Waals surface area contributed by atoms with E-state index < -0.39 is 0 Å². The first-order chi connectivity index (χ1) is 13.6. The summed E-state index contributed by atoms with van der Waals surface area (Å²) in [5.41, 5.74) is 3.80. The minimum atomic E-state index is 0.654. The number of nitrogens with one attached hydrogen (secondary N) is 2. The van der Waals surface area contributed by atoms with Gasteiger partial charge in [0.05, 0.1) is 20.4 Å². The molecule has 0 aliphatic carbocycles. The number of rotatable bonds is 6. The summed E-state index contributed by atoms with van der Waals surface area (Å²) in [6, 6.07) is 12.1. The Kier molecular flexibility index (Phi) is 4.75. The van der Waals surface area contributed by atoms with Gasteiger partial charge < -0.3 is 19.7 Å². The fourth-order valence-corrected chi connectivity index (χ4v) is 3.30. The molecule has 7 nitrogen and oxygen atoms in total. The number of hydrogen-bond donors (Lipinski definition) is 2. The lowest BCUT2D eigenvalue weighted by molar-refractivity contribution is 0.397. The summed E-state index contributed by atoms with van der Waals surface area (Å²) >= 11 is 0. The lowest BCUT2D eigenvalue weighted by atomic mass is 10.1. The van der Waals surface area contributed by atoms with E-state index in [9.17, 15) is 0 Å². The number of fused-ring (bicyclic) bond motifs is 3. The van der Waals surface area contributed by atoms with Gasteiger partial charge in [-0.25, -0.2) is 4.98 Å². The molecule has 0 spiro atoms. The Morgan fingerprint density at radius 2 is 1.82 bits per heavy atom. The maximum atomic E-state index is 5.55. The number of aromatic nitrogens is 3. The quantitative estimate of drug-likeness (QED) is 0.530. The molecule has 144 valence electrons. The summed E-state index contributed by atoms with van der Waals surface area (Å²) in [6.45, 7) is 0.901. The number of aromatic amines is 1. The van der Waals surface area contributed by atoms with E-state index in [1.807, 2.05) is 12.1 Å². The van der Waals surface area contributed by atoms with Gasteiger partial charge in [-0.1, -0.05) is 12.1 Å². The summed E-state index contributed by atoms with van der Waals surface area (Å²) in [6.07, 6.45) is 1.80. The Morgan fingerprint density at radius 1 is 1.04 bits per heavy atom. The SMILES string of the molecule is COc1cc(OC)c2nc(Nc3ccc(CN(C)C)cc3)c3[nH]ncc3c2c1. The van der Waals surface area contributed by atoms with E-state index in [-0.39, 0.29) is 0 Å². The molecule has 0 amide bonds. The van der Waals surface area contributed by atoms with Crippen molar-refractivity contribution in [2.75, 3.05) is 33.6 Å². The van der Waals surface area contributed by atoms with Crippen LogP contribution in [0.2, 0.25) is 0 Å². The highest BCUT2D eigenvalue weighted by Gasteiger charge is 2.15. The molecule has 0 aliphatic rings. The van der Waals surface area contributed by atoms with E-state index in [1.165, 1.54) is 5.56 Å². The maximum Gasteiger partial charge on any atom is 0.157 e. The van der Waals surface area contributed by atoms with E-state index in [1.54, 1.807) is 20.4 Å². The second kappa shape index (κ2) is 7.36. The highest BCUT2D eigenvalue weighted by atomic mass is 16.5. The van der Waals surface area contributed by atoms with Crippen molar-refractivity contribution in [1.29, 1.82) is 0 Å². The normalized spacial score (nSPS) is 11.3. The number of pyridine rings is 1. The number of H-pyrrole nitrogens is 1. The standard InChI is InChI=1S/C21H23N5O2/c1-26(2)12-13-5-7-14(8-6-13)23-21-20-17(11-22-25-20)16-9-15(27-3)10-18(28-4)19(16)24-21/h5-11H,12H2,1-4H3,(H,22,25)(H,23,24). The second-order valence-electron chi connectivity index (χ2n) is 6.90. The van der Waals surface area contributed by atoms with Crippen LogP contribution in [0.15, 0.2) is 42.6 Å². The highest BCUT2D eigenvalue weighted by Crippen LogP contribution is 2.36. The van der Waals surface area contributed by atoms with Crippen molar-refractivity contribution in [1.82, 2.24) is 20.1 Å². The smallest absolute Gasteiger partial charge is 0.157 e. The maximum absolute atomic E-state index is 5.55. The average molecular weight is 377 g/mol. The minimum Gasteiger partial charge on any atom is -0.497 e. The third-order valence-electron chi connectivity index (χ3n) is 4.61. The van der Waals surface area contributed by atoms with Gasteiger partial charge in [0.25, 0.3) is 0 Å². The van der Waals surface area contributed by atoms with Crippen LogP contribution >= 0.6 is 0 Å². The molecule has 4 aromatic rings. The molecule has 0 fully saturated rings. The van der Waals surface area contributed by atoms with Crippen molar-refractivity contribution in [2.45, 2.75) is 6.54 Å². The molecule has 2 N–H and O–H groups in total. The Morgan fingerprint density at radius 3 is 2.50 bits per heavy atom. The van der Waals surface area contributed by atoms with Crippen molar-refractivity contribution in [3.63, 3.8) is 0 Å². The number of benzene rings is 2. The van der Waals surface area contributed by atoms with Gasteiger partial charge >= 0.3 is 0 Å². The zero-order chi connectivity index (χ0) is 19.7. The minimum absolute atomic E-state index is 0.654. The molecule has 0 aliphatic heterocycles. The van der Waals surface area contributed by atoms with Gasteiger partial charge in [-0.05, 0) is 37.9 Å². The van der Waals surface area contributed by atoms with Crippen LogP contribution in [-0.2, 0) is 6.54 Å². The van der Waals surface area contributed by atoms with Gasteiger partial charge in [-0.3, -0.25) is 5.10 Å². The lowest BCUT2D eigenvalue weighted by Gasteiger charge is -2.13. The Bertz CT molecular complexity index is 1120. The molecule has 0 atom stereocenters. The first kappa shape index (κ1) is 18.1. The summed E-state index contributed by atoms with van der Waals surface area (Å²) in [7, 11) is 7.38. The van der Waals surface area contributed by atoms with E-state index in [0.717, 1.165) is 34.0 Å². The largest absolute Gasteiger partial charge is 0.497 e. The van der Waals surface area contributed by atoms with Gasteiger partial charge in [-0.2, -0.15) is 5.10 Å². The van der Waals surface area contributed by atoms with Crippen molar-refractivity contribution in [3.8, 4) is 11.5 Å². The van der Waals surface area contributed by atoms with Crippen LogP contribution in [0.1, 0.15) is 5.56 Å². The fraction of sp³-hybridized carbons (Fsp3) is 0.238. The molecule has 2 heterocycles. The number of hydrogen-bond acceptors (Lipinski definition) is 6. The van der Waals surface area contributed by atoms with Crippen molar-refractivity contribution < 1.29 is 9.47 Å². The highest BCUT2D eigenvalue weighted by molar-refractivity contribution is 6.10. The first-order valence-corrected chi connectivity index (χ1v) is 8.98. The molecule has 2 aromatic carbocycles. The number of nitrogens with zero attached hydrogens (tertiary/aromatic N) is 3. The average Bonchev–Trinajstić information content (AvgIpc) is 3.19. The van der Waals surface area contributed by atoms with Gasteiger partial charge in [0, 0.05) is 29.1 Å². The summed E-state index contributed by atoms with van der Waals surface area (Å²) in [4.78, 5) is 6.96. The van der Waals surface area contributed by atoms with Crippen LogP contribution < -0.4 is 14.8 Å². The molecular formula is C21H23N5O2. The molecule has 0 radical (unpaired) electrons. The molecule has 0 bridgehead atoms. The van der Waals surface area contributed by atoms with Gasteiger partial charge in [0.2, 0.25) is 0 Å². The molecule has 2 aromatic heterocycles. The third-order valence-corrected chi connectivity index (χ3v) is 4.61. The van der Waals surface area contributed by atoms with Crippen LogP contribution in [0.25, 0.3) is 21.8 Å². The van der Waals surface area contributed by atoms with Gasteiger partial charge in [0.1, 0.15) is 22.5 Å². The first-order valence-electron chi connectivity index (χ1n) is 8.98. The molecule has 0 saturated carbocycles. The molecule has 0 unspecified atom stereocenters. The topological polar surface area (TPSA) is 75.3 Å². The predicted octanol–water partition coefficient (Wildman–Crippen LogP) is 3.93. The Balaban J connectivity index is 1.79. The van der Waals surface area contributed by atoms with Crippen LogP contribution in [0.5, 0.6) is 11.5 Å².